The number of pyridine rings is 1. The Hall–Kier alpha value is -2.49. The number of fused-ring (bicyclic) bond motifs is 1. The lowest BCUT2D eigenvalue weighted by atomic mass is 10.0. The minimum Gasteiger partial charge on any atom is -0.362 e. The summed E-state index contributed by atoms with van der Waals surface area (Å²) in [5, 5.41) is 1.04. The minimum absolute atomic E-state index is 0.945. The molecule has 0 N–H and O–H groups in total. The number of anilines is 1. The Kier molecular flexibility index (Phi) is 2.83. The minimum atomic E-state index is 0.945. The fourth-order valence-electron chi connectivity index (χ4n) is 2.12. The van der Waals surface area contributed by atoms with Crippen molar-refractivity contribution >= 4 is 16.7 Å². The molecule has 0 bridgehead atoms. The first kappa shape index (κ1) is 11.6. The Balaban J connectivity index is 2.19. The van der Waals surface area contributed by atoms with E-state index in [0.717, 1.165) is 27.8 Å². The molecule has 0 fully saturated rings. The van der Waals surface area contributed by atoms with E-state index in [2.05, 4.69) is 33.2 Å². The molecule has 19 heavy (non-hydrogen) atoms. The van der Waals surface area contributed by atoms with Gasteiger partial charge in [-0.25, -0.2) is 15.0 Å². The third-order valence-electron chi connectivity index (χ3n) is 3.03. The molecule has 0 spiro atoms. The molecule has 2 heterocycles. The topological polar surface area (TPSA) is 41.9 Å². The van der Waals surface area contributed by atoms with E-state index < -0.39 is 0 Å². The predicted molar refractivity (Wildman–Crippen MR) is 77.1 cm³/mol. The van der Waals surface area contributed by atoms with Gasteiger partial charge in [0.05, 0.1) is 5.52 Å². The van der Waals surface area contributed by atoms with E-state index in [1.807, 2.05) is 43.5 Å². The molecule has 3 aromatic rings. The van der Waals surface area contributed by atoms with Gasteiger partial charge in [0, 0.05) is 37.4 Å². The summed E-state index contributed by atoms with van der Waals surface area (Å²) in [5.41, 5.74) is 3.16. The number of aromatic nitrogens is 3. The van der Waals surface area contributed by atoms with Crippen molar-refractivity contribution in [1.82, 2.24) is 15.0 Å². The number of hydrogen-bond donors (Lipinski definition) is 0. The van der Waals surface area contributed by atoms with Gasteiger partial charge in [-0.3, -0.25) is 0 Å². The molecule has 4 heteroatoms. The van der Waals surface area contributed by atoms with Crippen LogP contribution in [-0.2, 0) is 0 Å². The van der Waals surface area contributed by atoms with E-state index in [9.17, 15) is 0 Å². The molecule has 0 aliphatic rings. The molecular weight excluding hydrogens is 236 g/mol. The quantitative estimate of drug-likeness (QED) is 0.701. The molecule has 3 rings (SSSR count). The molecule has 0 aliphatic heterocycles. The van der Waals surface area contributed by atoms with Crippen LogP contribution in [0.3, 0.4) is 0 Å². The molecule has 1 aromatic carbocycles. The SMILES string of the molecule is CN(C)c1ncccc1-c1ccc2cncnc2c1. The Bertz CT molecular complexity index is 722. The first-order chi connectivity index (χ1) is 9.25. The number of rotatable bonds is 2. The van der Waals surface area contributed by atoms with Crippen LogP contribution in [0.1, 0.15) is 0 Å². The summed E-state index contributed by atoms with van der Waals surface area (Å²) in [5.74, 6) is 0.955. The molecule has 94 valence electrons. The summed E-state index contributed by atoms with van der Waals surface area (Å²) in [7, 11) is 3.99. The second-order valence-corrected chi connectivity index (χ2v) is 4.57. The maximum absolute atomic E-state index is 4.43. The molecule has 0 saturated heterocycles. The second kappa shape index (κ2) is 4.65. The lowest BCUT2D eigenvalue weighted by molar-refractivity contribution is 1.07. The number of nitrogens with zero attached hydrogens (tertiary/aromatic N) is 4. The highest BCUT2D eigenvalue weighted by atomic mass is 15.1. The maximum Gasteiger partial charge on any atom is 0.135 e. The summed E-state index contributed by atoms with van der Waals surface area (Å²) in [6.45, 7) is 0. The number of hydrogen-bond acceptors (Lipinski definition) is 4. The van der Waals surface area contributed by atoms with E-state index >= 15 is 0 Å². The van der Waals surface area contributed by atoms with Gasteiger partial charge in [0.2, 0.25) is 0 Å². The average Bonchev–Trinajstić information content (AvgIpc) is 2.46. The van der Waals surface area contributed by atoms with Crippen molar-refractivity contribution in [2.75, 3.05) is 19.0 Å². The fraction of sp³-hybridized carbons (Fsp3) is 0.133. The zero-order valence-electron chi connectivity index (χ0n) is 10.9. The van der Waals surface area contributed by atoms with Gasteiger partial charge in [-0.05, 0) is 23.8 Å². The molecule has 0 radical (unpaired) electrons. The monoisotopic (exact) mass is 250 g/mol. The van der Waals surface area contributed by atoms with Gasteiger partial charge in [-0.15, -0.1) is 0 Å². The van der Waals surface area contributed by atoms with Crippen molar-refractivity contribution in [3.05, 3.63) is 49.1 Å². The van der Waals surface area contributed by atoms with Gasteiger partial charge < -0.3 is 4.90 Å². The largest absolute Gasteiger partial charge is 0.362 e. The third kappa shape index (κ3) is 2.12. The van der Waals surface area contributed by atoms with Crippen LogP contribution in [0, 0.1) is 0 Å². The smallest absolute Gasteiger partial charge is 0.135 e. The van der Waals surface area contributed by atoms with Crippen molar-refractivity contribution in [1.29, 1.82) is 0 Å². The molecule has 0 atom stereocenters. The first-order valence-electron chi connectivity index (χ1n) is 6.08. The van der Waals surface area contributed by atoms with E-state index in [1.165, 1.54) is 0 Å². The predicted octanol–water partition coefficient (Wildman–Crippen LogP) is 2.76. The van der Waals surface area contributed by atoms with Crippen LogP contribution in [0.4, 0.5) is 5.82 Å². The van der Waals surface area contributed by atoms with Gasteiger partial charge >= 0.3 is 0 Å². The molecule has 0 aliphatic carbocycles. The molecule has 4 nitrogen and oxygen atoms in total. The lowest BCUT2D eigenvalue weighted by Gasteiger charge is -2.16. The summed E-state index contributed by atoms with van der Waals surface area (Å²) in [4.78, 5) is 14.8. The van der Waals surface area contributed by atoms with Crippen LogP contribution < -0.4 is 4.90 Å². The Morgan fingerprint density at radius 2 is 1.95 bits per heavy atom. The summed E-state index contributed by atoms with van der Waals surface area (Å²) in [6.07, 6.45) is 5.20. The van der Waals surface area contributed by atoms with E-state index in [0.29, 0.717) is 0 Å². The standard InChI is InChI=1S/C15H14N4/c1-19(2)15-13(4-3-7-17-15)11-5-6-12-9-16-10-18-14(12)8-11/h3-10H,1-2H3. The van der Waals surface area contributed by atoms with Crippen LogP contribution in [0.5, 0.6) is 0 Å². The zero-order valence-corrected chi connectivity index (χ0v) is 10.9. The van der Waals surface area contributed by atoms with Crippen LogP contribution in [0.2, 0.25) is 0 Å². The van der Waals surface area contributed by atoms with Crippen molar-refractivity contribution in [3.8, 4) is 11.1 Å². The van der Waals surface area contributed by atoms with Crippen molar-refractivity contribution in [2.45, 2.75) is 0 Å². The summed E-state index contributed by atoms with van der Waals surface area (Å²) in [6, 6.07) is 10.2. The highest BCUT2D eigenvalue weighted by Crippen LogP contribution is 2.29. The van der Waals surface area contributed by atoms with Crippen LogP contribution in [0.25, 0.3) is 22.0 Å². The Morgan fingerprint density at radius 3 is 2.79 bits per heavy atom. The van der Waals surface area contributed by atoms with Gasteiger partial charge in [0.15, 0.2) is 0 Å². The average molecular weight is 250 g/mol. The lowest BCUT2D eigenvalue weighted by Crippen LogP contribution is -2.11. The van der Waals surface area contributed by atoms with Gasteiger partial charge in [-0.1, -0.05) is 12.1 Å². The number of benzene rings is 1. The van der Waals surface area contributed by atoms with Gasteiger partial charge in [0.1, 0.15) is 12.1 Å². The highest BCUT2D eigenvalue weighted by Gasteiger charge is 2.08. The summed E-state index contributed by atoms with van der Waals surface area (Å²) < 4.78 is 0. The van der Waals surface area contributed by atoms with Gasteiger partial charge in [-0.2, -0.15) is 0 Å². The van der Waals surface area contributed by atoms with Crippen LogP contribution in [-0.4, -0.2) is 29.0 Å². The van der Waals surface area contributed by atoms with E-state index in [1.54, 1.807) is 6.33 Å². The Labute approximate surface area is 111 Å². The van der Waals surface area contributed by atoms with E-state index in [4.69, 9.17) is 0 Å². The van der Waals surface area contributed by atoms with Gasteiger partial charge in [0.25, 0.3) is 0 Å². The molecule has 0 amide bonds. The van der Waals surface area contributed by atoms with Crippen LogP contribution >= 0.6 is 0 Å². The van der Waals surface area contributed by atoms with Crippen molar-refractivity contribution in [2.24, 2.45) is 0 Å². The summed E-state index contributed by atoms with van der Waals surface area (Å²) >= 11 is 0. The van der Waals surface area contributed by atoms with Crippen molar-refractivity contribution in [3.63, 3.8) is 0 Å². The third-order valence-corrected chi connectivity index (χ3v) is 3.03. The molecule has 0 saturated carbocycles. The normalized spacial score (nSPS) is 10.6. The maximum atomic E-state index is 4.43. The zero-order chi connectivity index (χ0) is 13.2. The second-order valence-electron chi connectivity index (χ2n) is 4.57. The first-order valence-corrected chi connectivity index (χ1v) is 6.08. The molecular formula is C15H14N4. The van der Waals surface area contributed by atoms with Crippen LogP contribution in [0.15, 0.2) is 49.1 Å². The Morgan fingerprint density at radius 1 is 1.05 bits per heavy atom. The molecule has 2 aromatic heterocycles. The molecule has 0 unspecified atom stereocenters. The highest BCUT2D eigenvalue weighted by molar-refractivity contribution is 5.86. The van der Waals surface area contributed by atoms with E-state index in [-0.39, 0.29) is 0 Å². The fourth-order valence-corrected chi connectivity index (χ4v) is 2.12. The van der Waals surface area contributed by atoms with Crippen molar-refractivity contribution < 1.29 is 0 Å².